The van der Waals surface area contributed by atoms with Crippen molar-refractivity contribution < 1.29 is 43.0 Å². The van der Waals surface area contributed by atoms with Gasteiger partial charge < -0.3 is 43.0 Å². The highest BCUT2D eigenvalue weighted by molar-refractivity contribution is 5.39. The Hall–Kier alpha value is -2.40. The molecule has 1 N–H and O–H groups in total. The molecule has 208 valence electrons. The summed E-state index contributed by atoms with van der Waals surface area (Å²) >= 11 is 0. The highest BCUT2D eigenvalue weighted by Crippen LogP contribution is 2.24. The summed E-state index contributed by atoms with van der Waals surface area (Å²) in [5.74, 6) is 2.40. The third kappa shape index (κ3) is 14.8. The Labute approximate surface area is 220 Å². The lowest BCUT2D eigenvalue weighted by Gasteiger charge is -2.12. The number of hydrogen-bond acceptors (Lipinski definition) is 9. The van der Waals surface area contributed by atoms with Gasteiger partial charge in [-0.1, -0.05) is 12.1 Å². The van der Waals surface area contributed by atoms with Crippen LogP contribution in [0.4, 0.5) is 0 Å². The topological polar surface area (TPSA) is 94.1 Å². The zero-order chi connectivity index (χ0) is 26.4. The van der Waals surface area contributed by atoms with Gasteiger partial charge in [0.2, 0.25) is 0 Å². The molecule has 9 nitrogen and oxygen atoms in total. The molecule has 0 saturated carbocycles. The summed E-state index contributed by atoms with van der Waals surface area (Å²) in [7, 11) is 3.34. The fourth-order valence-corrected chi connectivity index (χ4v) is 3.36. The molecule has 0 heterocycles. The van der Waals surface area contributed by atoms with Gasteiger partial charge in [0.1, 0.15) is 23.9 Å². The molecule has 0 unspecified atom stereocenters. The first kappa shape index (κ1) is 30.8. The van der Waals surface area contributed by atoms with E-state index in [1.54, 1.807) is 14.2 Å². The summed E-state index contributed by atoms with van der Waals surface area (Å²) in [6.45, 7) is 5.23. The number of aliphatic hydroxyl groups excluding tert-OH is 1. The van der Waals surface area contributed by atoms with Crippen molar-refractivity contribution in [1.29, 1.82) is 0 Å². The van der Waals surface area contributed by atoms with Crippen molar-refractivity contribution in [1.82, 2.24) is 0 Å². The predicted octanol–water partition coefficient (Wildman–Crippen LogP) is 2.94. The molecule has 2 rings (SSSR count). The molecule has 0 aromatic heterocycles. The fraction of sp³-hybridized carbons (Fsp3) is 0.571. The van der Waals surface area contributed by atoms with Gasteiger partial charge in [-0.15, -0.1) is 0 Å². The van der Waals surface area contributed by atoms with Crippen molar-refractivity contribution in [3.05, 3.63) is 53.6 Å². The van der Waals surface area contributed by atoms with Gasteiger partial charge in [0, 0.05) is 6.07 Å². The highest BCUT2D eigenvalue weighted by Gasteiger charge is 2.05. The average Bonchev–Trinajstić information content (AvgIpc) is 2.93. The van der Waals surface area contributed by atoms with Crippen LogP contribution in [0.25, 0.3) is 0 Å². The molecule has 37 heavy (non-hydrogen) atoms. The fourth-order valence-electron chi connectivity index (χ4n) is 3.36. The first-order valence-corrected chi connectivity index (χ1v) is 12.7. The summed E-state index contributed by atoms with van der Waals surface area (Å²) in [6.07, 6.45) is 1.76. The van der Waals surface area contributed by atoms with Gasteiger partial charge in [-0.05, 0) is 48.2 Å². The second-order valence-corrected chi connectivity index (χ2v) is 8.00. The molecular weight excluding hydrogens is 480 g/mol. The van der Waals surface area contributed by atoms with E-state index in [9.17, 15) is 0 Å². The molecule has 0 fully saturated rings. The highest BCUT2D eigenvalue weighted by atomic mass is 16.6. The standard InChI is InChI=1S/C28H42O9/c1-30-26-5-3-4-24(20-26)6-7-25-21-27(31-2)23-28(22-25)37-19-18-36-17-16-35-15-14-34-13-12-33-11-10-32-9-8-29/h3-5,20-23,29H,6-19H2,1-2H3. The van der Waals surface area contributed by atoms with E-state index in [-0.39, 0.29) is 6.61 Å². The lowest BCUT2D eigenvalue weighted by atomic mass is 10.0. The second-order valence-electron chi connectivity index (χ2n) is 8.00. The van der Waals surface area contributed by atoms with Gasteiger partial charge in [-0.2, -0.15) is 0 Å². The minimum absolute atomic E-state index is 0.0268. The molecule has 0 aliphatic carbocycles. The summed E-state index contributed by atoms with van der Waals surface area (Å²) in [4.78, 5) is 0. The summed E-state index contributed by atoms with van der Waals surface area (Å²) in [5.41, 5.74) is 2.37. The Morgan fingerprint density at radius 2 is 1.00 bits per heavy atom. The average molecular weight is 523 g/mol. The van der Waals surface area contributed by atoms with Gasteiger partial charge >= 0.3 is 0 Å². The Morgan fingerprint density at radius 1 is 0.514 bits per heavy atom. The van der Waals surface area contributed by atoms with E-state index in [0.717, 1.165) is 35.7 Å². The van der Waals surface area contributed by atoms with Crippen molar-refractivity contribution in [3.8, 4) is 17.2 Å². The number of rotatable bonds is 23. The lowest BCUT2D eigenvalue weighted by Crippen LogP contribution is -2.14. The van der Waals surface area contributed by atoms with E-state index < -0.39 is 0 Å². The Morgan fingerprint density at radius 3 is 1.57 bits per heavy atom. The number of aliphatic hydroxyl groups is 1. The van der Waals surface area contributed by atoms with Crippen molar-refractivity contribution in [2.75, 3.05) is 93.5 Å². The van der Waals surface area contributed by atoms with Crippen LogP contribution in [0.3, 0.4) is 0 Å². The van der Waals surface area contributed by atoms with Crippen molar-refractivity contribution in [2.24, 2.45) is 0 Å². The van der Waals surface area contributed by atoms with E-state index in [0.29, 0.717) is 72.7 Å². The molecule has 0 radical (unpaired) electrons. The quantitative estimate of drug-likeness (QED) is 0.221. The summed E-state index contributed by atoms with van der Waals surface area (Å²) < 4.78 is 43.6. The van der Waals surface area contributed by atoms with Crippen molar-refractivity contribution in [3.63, 3.8) is 0 Å². The largest absolute Gasteiger partial charge is 0.497 e. The minimum Gasteiger partial charge on any atom is -0.497 e. The van der Waals surface area contributed by atoms with Gasteiger partial charge in [0.05, 0.1) is 86.9 Å². The van der Waals surface area contributed by atoms with Crippen LogP contribution in [-0.2, 0) is 36.5 Å². The van der Waals surface area contributed by atoms with Crippen molar-refractivity contribution >= 4 is 0 Å². The number of methoxy groups -OCH3 is 2. The normalized spacial score (nSPS) is 11.0. The van der Waals surface area contributed by atoms with E-state index in [2.05, 4.69) is 12.1 Å². The smallest absolute Gasteiger partial charge is 0.123 e. The SMILES string of the molecule is COc1cccc(CCc2cc(OC)cc(OCCOCCOCCOCCOCCOCCO)c2)c1. The van der Waals surface area contributed by atoms with E-state index in [4.69, 9.17) is 43.0 Å². The van der Waals surface area contributed by atoms with E-state index in [1.807, 2.05) is 30.3 Å². The molecule has 0 bridgehead atoms. The van der Waals surface area contributed by atoms with Gasteiger partial charge in [-0.25, -0.2) is 0 Å². The maximum atomic E-state index is 8.59. The van der Waals surface area contributed by atoms with Crippen LogP contribution in [0.1, 0.15) is 11.1 Å². The zero-order valence-electron chi connectivity index (χ0n) is 22.2. The Balaban J connectivity index is 1.50. The van der Waals surface area contributed by atoms with E-state index in [1.165, 1.54) is 5.56 Å². The molecule has 2 aromatic rings. The number of hydrogen-bond donors (Lipinski definition) is 1. The van der Waals surface area contributed by atoms with Crippen LogP contribution in [0.2, 0.25) is 0 Å². The van der Waals surface area contributed by atoms with Gasteiger partial charge in [0.25, 0.3) is 0 Å². The molecule has 0 aliphatic rings. The molecule has 0 spiro atoms. The van der Waals surface area contributed by atoms with Crippen LogP contribution in [0, 0.1) is 0 Å². The maximum absolute atomic E-state index is 8.59. The number of ether oxygens (including phenoxy) is 8. The Bertz CT molecular complexity index is 831. The van der Waals surface area contributed by atoms with Crippen LogP contribution in [0.15, 0.2) is 42.5 Å². The van der Waals surface area contributed by atoms with E-state index >= 15 is 0 Å². The first-order valence-electron chi connectivity index (χ1n) is 12.7. The summed E-state index contributed by atoms with van der Waals surface area (Å²) in [6, 6.07) is 14.1. The monoisotopic (exact) mass is 522 g/mol. The molecule has 0 atom stereocenters. The van der Waals surface area contributed by atoms with Crippen molar-refractivity contribution in [2.45, 2.75) is 12.8 Å². The molecular formula is C28H42O9. The number of aryl methyl sites for hydroxylation is 2. The first-order chi connectivity index (χ1) is 18.2. The molecule has 0 saturated heterocycles. The van der Waals surface area contributed by atoms with Gasteiger partial charge in [-0.3, -0.25) is 0 Å². The minimum atomic E-state index is 0.0268. The maximum Gasteiger partial charge on any atom is 0.123 e. The van der Waals surface area contributed by atoms with Gasteiger partial charge in [0.15, 0.2) is 0 Å². The molecule has 2 aromatic carbocycles. The third-order valence-electron chi connectivity index (χ3n) is 5.23. The molecule has 9 heteroatoms. The molecule has 0 aliphatic heterocycles. The zero-order valence-corrected chi connectivity index (χ0v) is 22.2. The second kappa shape index (κ2) is 20.6. The lowest BCUT2D eigenvalue weighted by molar-refractivity contribution is -0.0146. The van der Waals surface area contributed by atoms with Crippen LogP contribution >= 0.6 is 0 Å². The third-order valence-corrected chi connectivity index (χ3v) is 5.23. The predicted molar refractivity (Wildman–Crippen MR) is 140 cm³/mol. The van der Waals surface area contributed by atoms with Crippen LogP contribution in [0.5, 0.6) is 17.2 Å². The van der Waals surface area contributed by atoms with Crippen LogP contribution in [-0.4, -0.2) is 98.6 Å². The Kier molecular flexibility index (Phi) is 17.2. The molecule has 0 amide bonds. The summed E-state index contributed by atoms with van der Waals surface area (Å²) in [5, 5.41) is 8.59. The number of benzene rings is 2. The van der Waals surface area contributed by atoms with Crippen LogP contribution < -0.4 is 14.2 Å².